The third-order valence-electron chi connectivity index (χ3n) is 4.24. The SMILES string of the molecule is CC(C)C(NC(=O)C(CS)NC(=O)C1CCCN1)C(=O)NC(CS)C(=O)O. The number of carbonyl (C=O) groups excluding carboxylic acids is 3. The molecule has 0 aromatic carbocycles. The fraction of sp³-hybridized carbons (Fsp3) is 0.750. The minimum absolute atomic E-state index is 0.0606. The van der Waals surface area contributed by atoms with Crippen molar-refractivity contribution in [1.29, 1.82) is 0 Å². The van der Waals surface area contributed by atoms with E-state index >= 15 is 0 Å². The standard InChI is InChI=1S/C16H28N4O5S2/c1-8(2)12(15(23)19-11(7-27)16(24)25)20-14(22)10(6-26)18-13(21)9-4-3-5-17-9/h8-12,17,26-27H,3-7H2,1-2H3,(H,18,21)(H,19,23)(H,20,22)(H,24,25). The largest absolute Gasteiger partial charge is 0.480 e. The Hall–Kier alpha value is -1.46. The molecule has 154 valence electrons. The highest BCUT2D eigenvalue weighted by Crippen LogP contribution is 2.07. The lowest BCUT2D eigenvalue weighted by Crippen LogP contribution is -2.59. The Labute approximate surface area is 169 Å². The number of rotatable bonds is 10. The summed E-state index contributed by atoms with van der Waals surface area (Å²) in [6, 6.07) is -3.36. The van der Waals surface area contributed by atoms with Crippen LogP contribution in [0.15, 0.2) is 0 Å². The van der Waals surface area contributed by atoms with E-state index in [4.69, 9.17) is 5.11 Å². The molecule has 1 saturated heterocycles. The highest BCUT2D eigenvalue weighted by Gasteiger charge is 2.31. The van der Waals surface area contributed by atoms with E-state index in [-0.39, 0.29) is 29.4 Å². The maximum atomic E-state index is 12.5. The van der Waals surface area contributed by atoms with Gasteiger partial charge in [0, 0.05) is 11.5 Å². The minimum atomic E-state index is -1.21. The smallest absolute Gasteiger partial charge is 0.327 e. The summed E-state index contributed by atoms with van der Waals surface area (Å²) < 4.78 is 0. The molecule has 0 aliphatic carbocycles. The molecule has 0 saturated carbocycles. The third-order valence-corrected chi connectivity index (χ3v) is 4.97. The molecule has 4 atom stereocenters. The summed E-state index contributed by atoms with van der Waals surface area (Å²) in [6.45, 7) is 4.19. The van der Waals surface area contributed by atoms with Crippen LogP contribution in [-0.4, -0.2) is 71.0 Å². The number of carboxylic acids is 1. The van der Waals surface area contributed by atoms with Gasteiger partial charge < -0.3 is 26.4 Å². The van der Waals surface area contributed by atoms with Crippen molar-refractivity contribution >= 4 is 48.9 Å². The van der Waals surface area contributed by atoms with E-state index in [0.29, 0.717) is 6.42 Å². The molecule has 0 bridgehead atoms. The van der Waals surface area contributed by atoms with Crippen LogP contribution < -0.4 is 21.3 Å². The Balaban J connectivity index is 2.72. The first-order valence-electron chi connectivity index (χ1n) is 8.80. The second-order valence-electron chi connectivity index (χ2n) is 6.70. The maximum absolute atomic E-state index is 12.5. The van der Waals surface area contributed by atoms with Gasteiger partial charge in [-0.1, -0.05) is 13.8 Å². The number of nitrogens with one attached hydrogen (secondary N) is 4. The lowest BCUT2D eigenvalue weighted by atomic mass is 10.0. The summed E-state index contributed by atoms with van der Waals surface area (Å²) in [7, 11) is 0. The first kappa shape index (κ1) is 23.6. The Morgan fingerprint density at radius 3 is 2.11 bits per heavy atom. The van der Waals surface area contributed by atoms with Crippen molar-refractivity contribution in [2.75, 3.05) is 18.1 Å². The van der Waals surface area contributed by atoms with Gasteiger partial charge in [-0.25, -0.2) is 4.79 Å². The van der Waals surface area contributed by atoms with E-state index in [9.17, 15) is 19.2 Å². The van der Waals surface area contributed by atoms with Gasteiger partial charge >= 0.3 is 5.97 Å². The van der Waals surface area contributed by atoms with Crippen LogP contribution in [0.5, 0.6) is 0 Å². The second-order valence-corrected chi connectivity index (χ2v) is 7.44. The lowest BCUT2D eigenvalue weighted by Gasteiger charge is -2.26. The quantitative estimate of drug-likeness (QED) is 0.222. The van der Waals surface area contributed by atoms with Crippen LogP contribution in [0.1, 0.15) is 26.7 Å². The highest BCUT2D eigenvalue weighted by molar-refractivity contribution is 7.80. The zero-order chi connectivity index (χ0) is 20.6. The van der Waals surface area contributed by atoms with Gasteiger partial charge in [-0.2, -0.15) is 25.3 Å². The fourth-order valence-corrected chi connectivity index (χ4v) is 3.12. The highest BCUT2D eigenvalue weighted by atomic mass is 32.1. The summed E-state index contributed by atoms with van der Waals surface area (Å²) in [4.78, 5) is 48.2. The van der Waals surface area contributed by atoms with Crippen molar-refractivity contribution in [1.82, 2.24) is 21.3 Å². The summed E-state index contributed by atoms with van der Waals surface area (Å²) >= 11 is 8.01. The van der Waals surface area contributed by atoms with E-state index < -0.39 is 35.9 Å². The number of amides is 3. The van der Waals surface area contributed by atoms with Crippen LogP contribution >= 0.6 is 25.3 Å². The Kier molecular flexibility index (Phi) is 9.95. The van der Waals surface area contributed by atoms with E-state index in [1.807, 2.05) is 0 Å². The molecule has 0 aromatic rings. The summed E-state index contributed by atoms with van der Waals surface area (Å²) in [5.41, 5.74) is 0. The number of carbonyl (C=O) groups is 4. The summed E-state index contributed by atoms with van der Waals surface area (Å²) in [5, 5.41) is 19.6. The molecular weight excluding hydrogens is 392 g/mol. The number of carboxylic acid groups (broad SMARTS) is 1. The molecule has 1 aliphatic heterocycles. The maximum Gasteiger partial charge on any atom is 0.327 e. The van der Waals surface area contributed by atoms with E-state index in [1.54, 1.807) is 13.8 Å². The summed E-state index contributed by atoms with van der Waals surface area (Å²) in [5.74, 6) is -2.99. The molecule has 9 nitrogen and oxygen atoms in total. The van der Waals surface area contributed by atoms with Gasteiger partial charge in [-0.15, -0.1) is 0 Å². The van der Waals surface area contributed by atoms with Crippen molar-refractivity contribution in [3.63, 3.8) is 0 Å². The molecule has 1 aliphatic rings. The monoisotopic (exact) mass is 420 g/mol. The molecule has 4 unspecified atom stereocenters. The van der Waals surface area contributed by atoms with Crippen LogP contribution in [0.4, 0.5) is 0 Å². The van der Waals surface area contributed by atoms with E-state index in [2.05, 4.69) is 46.5 Å². The number of aliphatic carboxylic acids is 1. The molecule has 1 rings (SSSR count). The molecule has 0 aromatic heterocycles. The average molecular weight is 421 g/mol. The van der Waals surface area contributed by atoms with Crippen LogP contribution in [-0.2, 0) is 19.2 Å². The zero-order valence-corrected chi connectivity index (χ0v) is 17.2. The summed E-state index contributed by atoms with van der Waals surface area (Å²) in [6.07, 6.45) is 1.59. The molecular formula is C16H28N4O5S2. The first-order chi connectivity index (χ1) is 12.7. The van der Waals surface area contributed by atoms with Gasteiger partial charge in [-0.3, -0.25) is 14.4 Å². The molecule has 1 fully saturated rings. The van der Waals surface area contributed by atoms with Gasteiger partial charge in [0.15, 0.2) is 0 Å². The van der Waals surface area contributed by atoms with Crippen molar-refractivity contribution < 1.29 is 24.3 Å². The third kappa shape index (κ3) is 7.23. The zero-order valence-electron chi connectivity index (χ0n) is 15.4. The normalized spacial score (nSPS) is 19.8. The average Bonchev–Trinajstić information content (AvgIpc) is 3.15. The second kappa shape index (κ2) is 11.4. The molecule has 27 heavy (non-hydrogen) atoms. The van der Waals surface area contributed by atoms with Crippen molar-refractivity contribution in [2.45, 2.75) is 50.9 Å². The minimum Gasteiger partial charge on any atom is -0.480 e. The van der Waals surface area contributed by atoms with Gasteiger partial charge in [0.1, 0.15) is 18.1 Å². The lowest BCUT2D eigenvalue weighted by molar-refractivity contribution is -0.141. The molecule has 5 N–H and O–H groups in total. The Morgan fingerprint density at radius 1 is 1.04 bits per heavy atom. The van der Waals surface area contributed by atoms with E-state index in [1.165, 1.54) is 0 Å². The van der Waals surface area contributed by atoms with Crippen LogP contribution in [0, 0.1) is 5.92 Å². The predicted molar refractivity (Wildman–Crippen MR) is 107 cm³/mol. The molecule has 3 amide bonds. The van der Waals surface area contributed by atoms with Crippen molar-refractivity contribution in [3.05, 3.63) is 0 Å². The molecule has 1 heterocycles. The number of hydrogen-bond acceptors (Lipinski definition) is 7. The molecule has 11 heteroatoms. The van der Waals surface area contributed by atoms with E-state index in [0.717, 1.165) is 13.0 Å². The van der Waals surface area contributed by atoms with Crippen LogP contribution in [0.2, 0.25) is 0 Å². The first-order valence-corrected chi connectivity index (χ1v) is 10.1. The number of hydrogen-bond donors (Lipinski definition) is 7. The predicted octanol–water partition coefficient (Wildman–Crippen LogP) is -1.21. The Bertz CT molecular complexity index is 555. The van der Waals surface area contributed by atoms with Gasteiger partial charge in [0.05, 0.1) is 6.04 Å². The molecule has 0 spiro atoms. The molecule has 0 radical (unpaired) electrons. The van der Waals surface area contributed by atoms with Crippen LogP contribution in [0.3, 0.4) is 0 Å². The van der Waals surface area contributed by atoms with Gasteiger partial charge in [-0.05, 0) is 25.3 Å². The number of thiol groups is 2. The van der Waals surface area contributed by atoms with Gasteiger partial charge in [0.25, 0.3) is 0 Å². The van der Waals surface area contributed by atoms with Gasteiger partial charge in [0.2, 0.25) is 17.7 Å². The van der Waals surface area contributed by atoms with Crippen molar-refractivity contribution in [3.8, 4) is 0 Å². The van der Waals surface area contributed by atoms with Crippen molar-refractivity contribution in [2.24, 2.45) is 5.92 Å². The van der Waals surface area contributed by atoms with Crippen LogP contribution in [0.25, 0.3) is 0 Å². The topological polar surface area (TPSA) is 137 Å². The Morgan fingerprint density at radius 2 is 1.67 bits per heavy atom. The fourth-order valence-electron chi connectivity index (χ4n) is 2.61.